The van der Waals surface area contributed by atoms with Gasteiger partial charge >= 0.3 is 0 Å². The smallest absolute Gasteiger partial charge is 0.0957 e. The van der Waals surface area contributed by atoms with Gasteiger partial charge in [0.1, 0.15) is 0 Å². The van der Waals surface area contributed by atoms with Crippen molar-refractivity contribution >= 4 is 22.5 Å². The molecular formula is C16H15ClN2O. The number of hydrogen-bond acceptors (Lipinski definition) is 2. The second-order valence-corrected chi connectivity index (χ2v) is 5.16. The van der Waals surface area contributed by atoms with Crippen molar-refractivity contribution < 1.29 is 5.11 Å². The third-order valence-corrected chi connectivity index (χ3v) is 3.62. The molecule has 1 aromatic heterocycles. The number of aromatic nitrogens is 2. The minimum Gasteiger partial charge on any atom is -0.390 e. The number of aryl methyl sites for hydroxylation is 2. The lowest BCUT2D eigenvalue weighted by atomic mass is 10.1. The van der Waals surface area contributed by atoms with Gasteiger partial charge in [0.15, 0.2) is 0 Å². The van der Waals surface area contributed by atoms with Crippen molar-refractivity contribution in [3.63, 3.8) is 0 Å². The number of aliphatic hydroxyl groups excluding tert-OH is 1. The topological polar surface area (TPSA) is 38.1 Å². The molecule has 20 heavy (non-hydrogen) atoms. The van der Waals surface area contributed by atoms with Crippen LogP contribution in [0.15, 0.2) is 48.5 Å². The van der Waals surface area contributed by atoms with Gasteiger partial charge in [-0.2, -0.15) is 5.10 Å². The Morgan fingerprint density at radius 1 is 1.10 bits per heavy atom. The average Bonchev–Trinajstić information content (AvgIpc) is 2.83. The molecule has 0 saturated carbocycles. The summed E-state index contributed by atoms with van der Waals surface area (Å²) in [5.74, 6) is 0. The Hall–Kier alpha value is -1.84. The third kappa shape index (κ3) is 2.55. The number of halogens is 1. The fraction of sp³-hybridized carbons (Fsp3) is 0.188. The number of rotatable bonds is 4. The Balaban J connectivity index is 1.88. The van der Waals surface area contributed by atoms with Crippen molar-refractivity contribution in [3.8, 4) is 0 Å². The molecule has 0 radical (unpaired) electrons. The van der Waals surface area contributed by atoms with Gasteiger partial charge in [-0.15, -0.1) is 0 Å². The van der Waals surface area contributed by atoms with E-state index in [-0.39, 0.29) is 6.61 Å². The van der Waals surface area contributed by atoms with E-state index in [9.17, 15) is 5.11 Å². The Morgan fingerprint density at radius 2 is 1.95 bits per heavy atom. The van der Waals surface area contributed by atoms with Crippen LogP contribution < -0.4 is 0 Å². The highest BCUT2D eigenvalue weighted by Gasteiger charge is 2.08. The molecule has 0 saturated heterocycles. The quantitative estimate of drug-likeness (QED) is 0.798. The van der Waals surface area contributed by atoms with Crippen LogP contribution in [0.4, 0.5) is 0 Å². The monoisotopic (exact) mass is 286 g/mol. The maximum absolute atomic E-state index is 9.38. The van der Waals surface area contributed by atoms with E-state index in [1.165, 1.54) is 5.56 Å². The Morgan fingerprint density at radius 3 is 2.75 bits per heavy atom. The van der Waals surface area contributed by atoms with E-state index in [0.717, 1.165) is 34.6 Å². The van der Waals surface area contributed by atoms with E-state index in [1.54, 1.807) is 0 Å². The van der Waals surface area contributed by atoms with Crippen molar-refractivity contribution in [1.29, 1.82) is 0 Å². The zero-order valence-corrected chi connectivity index (χ0v) is 11.7. The van der Waals surface area contributed by atoms with Crippen LogP contribution in [0.5, 0.6) is 0 Å². The maximum Gasteiger partial charge on any atom is 0.0957 e. The minimum atomic E-state index is -0.0370. The van der Waals surface area contributed by atoms with E-state index in [1.807, 2.05) is 47.1 Å². The molecule has 1 heterocycles. The van der Waals surface area contributed by atoms with E-state index >= 15 is 0 Å². The molecule has 0 bridgehead atoms. The summed E-state index contributed by atoms with van der Waals surface area (Å²) in [6.07, 6.45) is 0.858. The average molecular weight is 287 g/mol. The largest absolute Gasteiger partial charge is 0.390 e. The van der Waals surface area contributed by atoms with Crippen LogP contribution in [-0.4, -0.2) is 14.9 Å². The van der Waals surface area contributed by atoms with Gasteiger partial charge in [0.2, 0.25) is 0 Å². The highest BCUT2D eigenvalue weighted by atomic mass is 35.5. The lowest BCUT2D eigenvalue weighted by molar-refractivity contribution is 0.276. The molecule has 1 N–H and O–H groups in total. The van der Waals surface area contributed by atoms with Crippen molar-refractivity contribution in [3.05, 3.63) is 64.8 Å². The van der Waals surface area contributed by atoms with Gasteiger partial charge in [-0.25, -0.2) is 0 Å². The van der Waals surface area contributed by atoms with Crippen molar-refractivity contribution in [2.75, 3.05) is 0 Å². The van der Waals surface area contributed by atoms with E-state index < -0.39 is 0 Å². The summed E-state index contributed by atoms with van der Waals surface area (Å²) < 4.78 is 1.95. The first-order valence-corrected chi connectivity index (χ1v) is 6.95. The molecule has 2 aromatic carbocycles. The van der Waals surface area contributed by atoms with Crippen LogP contribution in [0, 0.1) is 0 Å². The maximum atomic E-state index is 9.38. The Kier molecular flexibility index (Phi) is 3.72. The molecule has 4 heteroatoms. The number of fused-ring (bicyclic) bond motifs is 1. The molecule has 0 unspecified atom stereocenters. The fourth-order valence-corrected chi connectivity index (χ4v) is 2.62. The molecule has 0 amide bonds. The highest BCUT2D eigenvalue weighted by molar-refractivity contribution is 6.30. The van der Waals surface area contributed by atoms with Crippen LogP contribution in [0.3, 0.4) is 0 Å². The molecule has 0 fully saturated rings. The summed E-state index contributed by atoms with van der Waals surface area (Å²) in [6, 6.07) is 15.8. The standard InChI is InChI=1S/C16H15ClN2O/c17-13-5-3-4-12(10-13)8-9-19-16-7-2-1-6-14(16)15(11-20)18-19/h1-7,10,20H,8-9,11H2. The normalized spacial score (nSPS) is 11.1. The third-order valence-electron chi connectivity index (χ3n) is 3.39. The van der Waals surface area contributed by atoms with Crippen LogP contribution in [-0.2, 0) is 19.6 Å². The summed E-state index contributed by atoms with van der Waals surface area (Å²) >= 11 is 5.99. The van der Waals surface area contributed by atoms with Crippen LogP contribution >= 0.6 is 11.6 Å². The highest BCUT2D eigenvalue weighted by Crippen LogP contribution is 2.19. The van der Waals surface area contributed by atoms with Gasteiger partial charge in [0.05, 0.1) is 17.8 Å². The molecule has 0 aliphatic carbocycles. The van der Waals surface area contributed by atoms with E-state index in [2.05, 4.69) is 11.2 Å². The number of aliphatic hydroxyl groups is 1. The summed E-state index contributed by atoms with van der Waals surface area (Å²) in [6.45, 7) is 0.728. The lowest BCUT2D eigenvalue weighted by Gasteiger charge is -2.04. The molecule has 0 atom stereocenters. The van der Waals surface area contributed by atoms with Gasteiger partial charge in [0.25, 0.3) is 0 Å². The summed E-state index contributed by atoms with van der Waals surface area (Å²) in [7, 11) is 0. The van der Waals surface area contributed by atoms with Crippen molar-refractivity contribution in [1.82, 2.24) is 9.78 Å². The van der Waals surface area contributed by atoms with E-state index in [4.69, 9.17) is 11.6 Å². The minimum absolute atomic E-state index is 0.0370. The molecule has 102 valence electrons. The summed E-state index contributed by atoms with van der Waals surface area (Å²) in [4.78, 5) is 0. The second kappa shape index (κ2) is 5.65. The molecule has 0 spiro atoms. The first-order chi connectivity index (χ1) is 9.78. The summed E-state index contributed by atoms with van der Waals surface area (Å²) in [5.41, 5.74) is 2.97. The molecular weight excluding hydrogens is 272 g/mol. The number of nitrogens with zero attached hydrogens (tertiary/aromatic N) is 2. The Labute approximate surface area is 122 Å². The van der Waals surface area contributed by atoms with Crippen molar-refractivity contribution in [2.45, 2.75) is 19.6 Å². The predicted molar refractivity (Wildman–Crippen MR) is 80.8 cm³/mol. The van der Waals surface area contributed by atoms with Gasteiger partial charge in [-0.3, -0.25) is 4.68 Å². The zero-order chi connectivity index (χ0) is 13.9. The SMILES string of the molecule is OCc1nn(CCc2cccc(Cl)c2)c2ccccc12. The van der Waals surface area contributed by atoms with Gasteiger partial charge in [-0.05, 0) is 30.2 Å². The van der Waals surface area contributed by atoms with Crippen LogP contribution in [0.1, 0.15) is 11.3 Å². The molecule has 3 rings (SSSR count). The Bertz CT molecular complexity index is 736. The molecule has 0 aliphatic heterocycles. The predicted octanol–water partition coefficient (Wildman–Crippen LogP) is 3.42. The van der Waals surface area contributed by atoms with Crippen LogP contribution in [0.25, 0.3) is 10.9 Å². The van der Waals surface area contributed by atoms with Crippen LogP contribution in [0.2, 0.25) is 5.02 Å². The summed E-state index contributed by atoms with van der Waals surface area (Å²) in [5, 5.41) is 15.6. The van der Waals surface area contributed by atoms with E-state index in [0.29, 0.717) is 0 Å². The molecule has 3 aromatic rings. The lowest BCUT2D eigenvalue weighted by Crippen LogP contribution is -2.03. The molecule has 3 nitrogen and oxygen atoms in total. The number of hydrogen-bond donors (Lipinski definition) is 1. The van der Waals surface area contributed by atoms with Gasteiger partial charge < -0.3 is 5.11 Å². The van der Waals surface area contributed by atoms with Gasteiger partial charge in [-0.1, -0.05) is 41.9 Å². The zero-order valence-electron chi connectivity index (χ0n) is 11.0. The van der Waals surface area contributed by atoms with Crippen molar-refractivity contribution in [2.24, 2.45) is 0 Å². The fourth-order valence-electron chi connectivity index (χ4n) is 2.41. The first kappa shape index (κ1) is 13.2. The second-order valence-electron chi connectivity index (χ2n) is 4.73. The number of benzene rings is 2. The van der Waals surface area contributed by atoms with Gasteiger partial charge in [0, 0.05) is 17.0 Å². The number of para-hydroxylation sites is 1. The first-order valence-electron chi connectivity index (χ1n) is 6.57. The molecule has 0 aliphatic rings.